The molecule has 1 aromatic carbocycles. The Kier molecular flexibility index (Phi) is 12.5. The molecule has 0 spiro atoms. The monoisotopic (exact) mass is 569 g/mol. The van der Waals surface area contributed by atoms with Gasteiger partial charge >= 0.3 is 0 Å². The summed E-state index contributed by atoms with van der Waals surface area (Å²) < 4.78 is 6.50. The molecule has 1 aliphatic heterocycles. The predicted molar refractivity (Wildman–Crippen MR) is 163 cm³/mol. The molecular weight excluding hydrogens is 522 g/mol. The Labute approximate surface area is 243 Å². The number of thiazole rings is 1. The van der Waals surface area contributed by atoms with E-state index in [1.807, 2.05) is 13.0 Å². The summed E-state index contributed by atoms with van der Waals surface area (Å²) in [5.41, 5.74) is 2.80. The van der Waals surface area contributed by atoms with Crippen LogP contribution in [-0.4, -0.2) is 66.2 Å². The van der Waals surface area contributed by atoms with Crippen molar-refractivity contribution < 1.29 is 19.1 Å². The molecule has 220 valence electrons. The van der Waals surface area contributed by atoms with Crippen molar-refractivity contribution >= 4 is 39.0 Å². The minimum Gasteiger partial charge on any atom is -0.379 e. The Hall–Kier alpha value is -2.42. The van der Waals surface area contributed by atoms with Crippen LogP contribution in [0.1, 0.15) is 83.2 Å². The molecule has 0 aliphatic carbocycles. The van der Waals surface area contributed by atoms with E-state index in [2.05, 4.69) is 56.6 Å². The van der Waals surface area contributed by atoms with Gasteiger partial charge in [-0.1, -0.05) is 53.7 Å². The average molecular weight is 570 g/mol. The zero-order valence-corrected chi connectivity index (χ0v) is 25.8. The summed E-state index contributed by atoms with van der Waals surface area (Å²) in [5, 5.41) is 4.10. The summed E-state index contributed by atoms with van der Waals surface area (Å²) in [6, 6.07) is 6.17. The number of nitrogens with zero attached hydrogens (tertiary/aromatic N) is 2. The van der Waals surface area contributed by atoms with Crippen LogP contribution in [0, 0.1) is 11.8 Å². The Morgan fingerprint density at radius 1 is 1.15 bits per heavy atom. The summed E-state index contributed by atoms with van der Waals surface area (Å²) in [7, 11) is 0. The number of hydrogen-bond donors (Lipinski definition) is 1. The molecule has 0 bridgehead atoms. The lowest BCUT2D eigenvalue weighted by molar-refractivity contribution is -0.130. The lowest BCUT2D eigenvalue weighted by Crippen LogP contribution is -2.44. The highest BCUT2D eigenvalue weighted by Crippen LogP contribution is 2.28. The number of ketones is 2. The molecule has 1 amide bonds. The second-order valence-electron chi connectivity index (χ2n) is 11.4. The van der Waals surface area contributed by atoms with E-state index in [9.17, 15) is 14.4 Å². The van der Waals surface area contributed by atoms with Crippen molar-refractivity contribution in [2.45, 2.75) is 85.1 Å². The average Bonchev–Trinajstić information content (AvgIpc) is 3.36. The maximum absolute atomic E-state index is 13.6. The van der Waals surface area contributed by atoms with Crippen LogP contribution in [0.2, 0.25) is 0 Å². The van der Waals surface area contributed by atoms with Gasteiger partial charge in [0.25, 0.3) is 0 Å². The number of Topliss-reactive ketones (excluding diaryl/α,β-unsaturated/α-hetero) is 2. The molecule has 1 saturated heterocycles. The molecule has 2 aromatic rings. The van der Waals surface area contributed by atoms with Crippen LogP contribution in [0.5, 0.6) is 0 Å². The lowest BCUT2D eigenvalue weighted by atomic mass is 9.91. The zero-order chi connectivity index (χ0) is 29.2. The van der Waals surface area contributed by atoms with Crippen molar-refractivity contribution in [1.29, 1.82) is 0 Å². The van der Waals surface area contributed by atoms with Crippen molar-refractivity contribution in [2.24, 2.45) is 11.8 Å². The number of morpholine rings is 1. The van der Waals surface area contributed by atoms with Gasteiger partial charge in [0.1, 0.15) is 5.78 Å². The zero-order valence-electron chi connectivity index (χ0n) is 25.0. The first-order chi connectivity index (χ1) is 19.1. The van der Waals surface area contributed by atoms with Crippen molar-refractivity contribution in [2.75, 3.05) is 32.8 Å². The van der Waals surface area contributed by atoms with E-state index in [0.717, 1.165) is 34.7 Å². The number of fused-ring (bicyclic) bond motifs is 1. The first-order valence-electron chi connectivity index (χ1n) is 14.8. The van der Waals surface area contributed by atoms with Gasteiger partial charge in [0.15, 0.2) is 5.78 Å². The summed E-state index contributed by atoms with van der Waals surface area (Å²) in [4.78, 5) is 46.0. The van der Waals surface area contributed by atoms with Crippen LogP contribution in [0.15, 0.2) is 30.4 Å². The van der Waals surface area contributed by atoms with Gasteiger partial charge in [0.2, 0.25) is 5.91 Å². The van der Waals surface area contributed by atoms with Gasteiger partial charge in [-0.25, -0.2) is 4.98 Å². The Bertz CT molecular complexity index is 1170. The first-order valence-corrected chi connectivity index (χ1v) is 15.6. The molecule has 2 heterocycles. The largest absolute Gasteiger partial charge is 0.379 e. The number of ether oxygens (including phenoxy) is 1. The minimum absolute atomic E-state index is 0.0435. The Morgan fingerprint density at radius 3 is 2.52 bits per heavy atom. The third-order valence-corrected chi connectivity index (χ3v) is 9.08. The van der Waals surface area contributed by atoms with Gasteiger partial charge in [-0.05, 0) is 36.0 Å². The number of hydrogen-bond acceptors (Lipinski definition) is 7. The van der Waals surface area contributed by atoms with Crippen LogP contribution in [-0.2, 0) is 25.5 Å². The maximum Gasteiger partial charge on any atom is 0.224 e. The number of rotatable bonds is 16. The topological polar surface area (TPSA) is 88.6 Å². The number of carbonyl (C=O) groups is 3. The number of nitrogens with one attached hydrogen (secondary N) is 1. The van der Waals surface area contributed by atoms with Gasteiger partial charge in [0, 0.05) is 56.9 Å². The molecule has 7 nitrogen and oxygen atoms in total. The second-order valence-corrected chi connectivity index (χ2v) is 12.6. The quantitative estimate of drug-likeness (QED) is 0.260. The standard InChI is InChI=1S/C32H47N3O4S/c1-7-22(5)27(11-12-29(37)23(6)20-35-13-15-39-16-14-35)34-32(38)25(17-26(36)8-2)19-31-33-28-10-9-24(21(3)4)18-30(28)40-31/h9-10,18,21-22,25,27H,6-8,11-17,19-20H2,1-5H3,(H,34,38)/t22-,25-,27+/m0/s1. The van der Waals surface area contributed by atoms with E-state index in [4.69, 9.17) is 9.72 Å². The van der Waals surface area contributed by atoms with Gasteiger partial charge < -0.3 is 10.1 Å². The molecule has 3 rings (SSSR count). The van der Waals surface area contributed by atoms with Crippen LogP contribution in [0.3, 0.4) is 0 Å². The number of aromatic nitrogens is 1. The highest BCUT2D eigenvalue weighted by Gasteiger charge is 2.28. The van der Waals surface area contributed by atoms with Crippen molar-refractivity contribution in [3.05, 3.63) is 40.9 Å². The smallest absolute Gasteiger partial charge is 0.224 e. The second kappa shape index (κ2) is 15.5. The highest BCUT2D eigenvalue weighted by molar-refractivity contribution is 7.18. The summed E-state index contributed by atoms with van der Waals surface area (Å²) in [5.74, 6) is 0.116. The van der Waals surface area contributed by atoms with Crippen molar-refractivity contribution in [3.63, 3.8) is 0 Å². The van der Waals surface area contributed by atoms with Crippen LogP contribution in [0.4, 0.5) is 0 Å². The number of carbonyl (C=O) groups excluding carboxylic acids is 3. The van der Waals surface area contributed by atoms with Gasteiger partial charge in [-0.3, -0.25) is 19.3 Å². The fourth-order valence-corrected chi connectivity index (χ4v) is 6.08. The van der Waals surface area contributed by atoms with Gasteiger partial charge in [-0.15, -0.1) is 11.3 Å². The van der Waals surface area contributed by atoms with Gasteiger partial charge in [0.05, 0.1) is 34.4 Å². The van der Waals surface area contributed by atoms with Gasteiger partial charge in [-0.2, -0.15) is 0 Å². The van der Waals surface area contributed by atoms with Crippen molar-refractivity contribution in [1.82, 2.24) is 15.2 Å². The lowest BCUT2D eigenvalue weighted by Gasteiger charge is -2.28. The van der Waals surface area contributed by atoms with Crippen LogP contribution >= 0.6 is 11.3 Å². The molecule has 0 unspecified atom stereocenters. The summed E-state index contributed by atoms with van der Waals surface area (Å²) >= 11 is 1.60. The van der Waals surface area contributed by atoms with E-state index in [-0.39, 0.29) is 35.9 Å². The van der Waals surface area contributed by atoms with E-state index >= 15 is 0 Å². The normalized spacial score (nSPS) is 16.6. The fraction of sp³-hybridized carbons (Fsp3) is 0.625. The number of amides is 1. The third kappa shape index (κ3) is 9.32. The van der Waals surface area contributed by atoms with Crippen LogP contribution < -0.4 is 5.32 Å². The molecule has 0 saturated carbocycles. The Balaban J connectivity index is 1.67. The van der Waals surface area contributed by atoms with Crippen LogP contribution in [0.25, 0.3) is 10.2 Å². The van der Waals surface area contributed by atoms with E-state index in [1.54, 1.807) is 11.3 Å². The minimum atomic E-state index is -0.490. The molecule has 0 radical (unpaired) electrons. The summed E-state index contributed by atoms with van der Waals surface area (Å²) in [6.07, 6.45) is 2.79. The molecule has 1 fully saturated rings. The van der Waals surface area contributed by atoms with E-state index in [0.29, 0.717) is 56.9 Å². The third-order valence-electron chi connectivity index (χ3n) is 8.04. The molecule has 1 N–H and O–H groups in total. The first kappa shape index (κ1) is 32.1. The maximum atomic E-state index is 13.6. The molecule has 3 atom stereocenters. The number of benzene rings is 1. The molecule has 40 heavy (non-hydrogen) atoms. The van der Waals surface area contributed by atoms with E-state index < -0.39 is 5.92 Å². The highest BCUT2D eigenvalue weighted by atomic mass is 32.1. The predicted octanol–water partition coefficient (Wildman–Crippen LogP) is 5.72. The fourth-order valence-electron chi connectivity index (χ4n) is 4.99. The molecule has 8 heteroatoms. The Morgan fingerprint density at radius 2 is 1.88 bits per heavy atom. The van der Waals surface area contributed by atoms with Crippen molar-refractivity contribution in [3.8, 4) is 0 Å². The van der Waals surface area contributed by atoms with E-state index in [1.165, 1.54) is 5.56 Å². The summed E-state index contributed by atoms with van der Waals surface area (Å²) in [6.45, 7) is 17.9. The molecular formula is C32H47N3O4S. The molecule has 1 aromatic heterocycles. The molecule has 1 aliphatic rings. The SMILES string of the molecule is C=C(CN1CCOCC1)C(=O)CC[C@@H](NC(=O)[C@@H](CC(=O)CC)Cc1nc2ccc(C(C)C)cc2s1)[C@@H](C)CC.